The number of nitrogens with one attached hydrogen (secondary N) is 2. The Hall–Kier alpha value is -1.93. The molecule has 1 aromatic heterocycles. The lowest BCUT2D eigenvalue weighted by Crippen LogP contribution is -2.42. The SMILES string of the molecule is Cc1ccc2[nH]c(CCC(=O)N[C@@H]3CS(=O)(=O)C[C@H]3O)nc2c1C. The lowest BCUT2D eigenvalue weighted by atomic mass is 10.1. The fourth-order valence-corrected chi connectivity index (χ4v) is 4.70. The van der Waals surface area contributed by atoms with Crippen LogP contribution in [0.5, 0.6) is 0 Å². The molecule has 1 amide bonds. The van der Waals surface area contributed by atoms with Crippen molar-refractivity contribution in [1.82, 2.24) is 15.3 Å². The summed E-state index contributed by atoms with van der Waals surface area (Å²) >= 11 is 0. The Morgan fingerprint density at radius 2 is 2.12 bits per heavy atom. The van der Waals surface area contributed by atoms with E-state index in [0.717, 1.165) is 22.2 Å². The number of aliphatic hydroxyl groups excluding tert-OH is 1. The summed E-state index contributed by atoms with van der Waals surface area (Å²) in [7, 11) is -3.27. The number of rotatable bonds is 4. The zero-order valence-corrected chi connectivity index (χ0v) is 14.5. The van der Waals surface area contributed by atoms with Crippen molar-refractivity contribution >= 4 is 26.8 Å². The number of sulfone groups is 1. The molecule has 1 aliphatic rings. The minimum Gasteiger partial charge on any atom is -0.390 e. The number of hydrogen-bond donors (Lipinski definition) is 3. The van der Waals surface area contributed by atoms with Crippen molar-refractivity contribution in [2.75, 3.05) is 11.5 Å². The van der Waals surface area contributed by atoms with Gasteiger partial charge in [-0.25, -0.2) is 13.4 Å². The van der Waals surface area contributed by atoms with Gasteiger partial charge in [-0.2, -0.15) is 0 Å². The van der Waals surface area contributed by atoms with Crippen LogP contribution in [0, 0.1) is 13.8 Å². The smallest absolute Gasteiger partial charge is 0.220 e. The molecule has 8 heteroatoms. The molecule has 3 N–H and O–H groups in total. The molecule has 1 fully saturated rings. The highest BCUT2D eigenvalue weighted by molar-refractivity contribution is 7.91. The van der Waals surface area contributed by atoms with Gasteiger partial charge in [-0.05, 0) is 31.0 Å². The maximum atomic E-state index is 12.0. The summed E-state index contributed by atoms with van der Waals surface area (Å²) in [6.45, 7) is 4.04. The van der Waals surface area contributed by atoms with Crippen LogP contribution in [0.2, 0.25) is 0 Å². The molecular weight excluding hydrogens is 330 g/mol. The van der Waals surface area contributed by atoms with Gasteiger partial charge in [-0.1, -0.05) is 6.07 Å². The standard InChI is InChI=1S/C16H21N3O4S/c1-9-3-4-11-16(10(9)2)19-14(17-11)5-6-15(21)18-12-7-24(22,23)8-13(12)20/h3-4,12-13,20H,5-8H2,1-2H3,(H,17,19)(H,18,21)/t12-,13-/m1/s1. The summed E-state index contributed by atoms with van der Waals surface area (Å²) in [5, 5.41) is 12.3. The van der Waals surface area contributed by atoms with Crippen LogP contribution in [0.3, 0.4) is 0 Å². The van der Waals surface area contributed by atoms with Crippen molar-refractivity contribution in [2.45, 2.75) is 38.8 Å². The monoisotopic (exact) mass is 351 g/mol. The molecule has 24 heavy (non-hydrogen) atoms. The number of nitrogens with zero attached hydrogens (tertiary/aromatic N) is 1. The number of amides is 1. The van der Waals surface area contributed by atoms with E-state index in [1.807, 2.05) is 26.0 Å². The fraction of sp³-hybridized carbons (Fsp3) is 0.500. The molecule has 0 saturated carbocycles. The highest BCUT2D eigenvalue weighted by atomic mass is 32.2. The number of aliphatic hydroxyl groups is 1. The van der Waals surface area contributed by atoms with Gasteiger partial charge >= 0.3 is 0 Å². The molecule has 0 unspecified atom stereocenters. The maximum absolute atomic E-state index is 12.0. The summed E-state index contributed by atoms with van der Waals surface area (Å²) in [6.07, 6.45) is -0.425. The average Bonchev–Trinajstić information content (AvgIpc) is 3.02. The van der Waals surface area contributed by atoms with Gasteiger partial charge < -0.3 is 15.4 Å². The third-order valence-corrected chi connectivity index (χ3v) is 6.20. The number of benzene rings is 1. The molecule has 2 aromatic rings. The van der Waals surface area contributed by atoms with E-state index in [9.17, 15) is 18.3 Å². The maximum Gasteiger partial charge on any atom is 0.220 e. The molecule has 2 heterocycles. The van der Waals surface area contributed by atoms with Crippen molar-refractivity contribution in [3.63, 3.8) is 0 Å². The predicted molar refractivity (Wildman–Crippen MR) is 90.5 cm³/mol. The molecule has 0 bridgehead atoms. The molecular formula is C16H21N3O4S. The van der Waals surface area contributed by atoms with Crippen LogP contribution in [-0.2, 0) is 21.1 Å². The summed E-state index contributed by atoms with van der Waals surface area (Å²) in [4.78, 5) is 19.7. The molecule has 0 radical (unpaired) electrons. The molecule has 1 aliphatic heterocycles. The Bertz CT molecular complexity index is 888. The summed E-state index contributed by atoms with van der Waals surface area (Å²) in [5.74, 6) is -0.0682. The van der Waals surface area contributed by atoms with Gasteiger partial charge in [0.1, 0.15) is 5.82 Å². The van der Waals surface area contributed by atoms with Crippen molar-refractivity contribution < 1.29 is 18.3 Å². The Kier molecular flexibility index (Phi) is 4.35. The van der Waals surface area contributed by atoms with Gasteiger partial charge in [0.25, 0.3) is 0 Å². The molecule has 0 spiro atoms. The van der Waals surface area contributed by atoms with E-state index in [0.29, 0.717) is 12.2 Å². The number of fused-ring (bicyclic) bond motifs is 1. The van der Waals surface area contributed by atoms with Crippen LogP contribution in [0.4, 0.5) is 0 Å². The van der Waals surface area contributed by atoms with Gasteiger partial charge in [0.05, 0.1) is 34.7 Å². The molecule has 2 atom stereocenters. The van der Waals surface area contributed by atoms with Gasteiger partial charge in [0.15, 0.2) is 9.84 Å². The Balaban J connectivity index is 1.62. The number of aromatic nitrogens is 2. The zero-order chi connectivity index (χ0) is 17.5. The number of H-pyrrole nitrogens is 1. The second-order valence-corrected chi connectivity index (χ2v) is 8.56. The minimum absolute atomic E-state index is 0.182. The van der Waals surface area contributed by atoms with Gasteiger partial charge in [-0.15, -0.1) is 0 Å². The van der Waals surface area contributed by atoms with E-state index >= 15 is 0 Å². The summed E-state index contributed by atoms with van der Waals surface area (Å²) in [5.41, 5.74) is 4.11. The van der Waals surface area contributed by atoms with Crippen LogP contribution >= 0.6 is 0 Å². The van der Waals surface area contributed by atoms with E-state index < -0.39 is 22.0 Å². The van der Waals surface area contributed by atoms with Crippen LogP contribution < -0.4 is 5.32 Å². The quantitative estimate of drug-likeness (QED) is 0.737. The Labute approximate surface area is 140 Å². The fourth-order valence-electron chi connectivity index (χ4n) is 2.96. The van der Waals surface area contributed by atoms with Crippen molar-refractivity contribution in [1.29, 1.82) is 0 Å². The number of carbonyl (C=O) groups is 1. The van der Waals surface area contributed by atoms with Crippen molar-refractivity contribution in [2.24, 2.45) is 0 Å². The molecule has 130 valence electrons. The van der Waals surface area contributed by atoms with Crippen LogP contribution in [0.25, 0.3) is 11.0 Å². The molecule has 1 aromatic carbocycles. The largest absolute Gasteiger partial charge is 0.390 e. The number of aromatic amines is 1. The highest BCUT2D eigenvalue weighted by Gasteiger charge is 2.37. The molecule has 0 aliphatic carbocycles. The van der Waals surface area contributed by atoms with E-state index in [4.69, 9.17) is 0 Å². The lowest BCUT2D eigenvalue weighted by Gasteiger charge is -2.14. The lowest BCUT2D eigenvalue weighted by molar-refractivity contribution is -0.122. The first-order valence-electron chi connectivity index (χ1n) is 7.88. The third kappa shape index (κ3) is 3.44. The molecule has 3 rings (SSSR count). The summed E-state index contributed by atoms with van der Waals surface area (Å²) in [6, 6.07) is 3.27. The van der Waals surface area contributed by atoms with Crippen LogP contribution in [0.1, 0.15) is 23.4 Å². The topological polar surface area (TPSA) is 112 Å². The first-order chi connectivity index (χ1) is 11.2. The highest BCUT2D eigenvalue weighted by Crippen LogP contribution is 2.20. The third-order valence-electron chi connectivity index (χ3n) is 4.49. The average molecular weight is 351 g/mol. The van der Waals surface area contributed by atoms with Crippen molar-refractivity contribution in [3.05, 3.63) is 29.1 Å². The van der Waals surface area contributed by atoms with E-state index in [1.165, 1.54) is 0 Å². The van der Waals surface area contributed by atoms with Gasteiger partial charge in [0, 0.05) is 12.8 Å². The molecule has 7 nitrogen and oxygen atoms in total. The van der Waals surface area contributed by atoms with Crippen LogP contribution in [0.15, 0.2) is 12.1 Å². The minimum atomic E-state index is -3.27. The number of aryl methyl sites for hydroxylation is 3. The molecule has 1 saturated heterocycles. The number of imidazole rings is 1. The van der Waals surface area contributed by atoms with E-state index in [2.05, 4.69) is 15.3 Å². The Morgan fingerprint density at radius 1 is 1.38 bits per heavy atom. The Morgan fingerprint density at radius 3 is 2.79 bits per heavy atom. The number of hydrogen-bond acceptors (Lipinski definition) is 5. The first kappa shape index (κ1) is 16.9. The first-order valence-corrected chi connectivity index (χ1v) is 9.70. The van der Waals surface area contributed by atoms with Gasteiger partial charge in [-0.3, -0.25) is 4.79 Å². The number of carbonyl (C=O) groups excluding carboxylic acids is 1. The van der Waals surface area contributed by atoms with Gasteiger partial charge in [0.2, 0.25) is 5.91 Å². The van der Waals surface area contributed by atoms with Crippen LogP contribution in [-0.4, -0.2) is 53.1 Å². The predicted octanol–water partition coefficient (Wildman–Crippen LogP) is 0.386. The normalized spacial score (nSPS) is 22.8. The van der Waals surface area contributed by atoms with Crippen molar-refractivity contribution in [3.8, 4) is 0 Å². The summed E-state index contributed by atoms with van der Waals surface area (Å²) < 4.78 is 22.9. The van der Waals surface area contributed by atoms with E-state index in [-0.39, 0.29) is 23.8 Å². The van der Waals surface area contributed by atoms with E-state index in [1.54, 1.807) is 0 Å². The zero-order valence-electron chi connectivity index (χ0n) is 13.7. The second kappa shape index (κ2) is 6.18. The second-order valence-electron chi connectivity index (χ2n) is 6.41.